The van der Waals surface area contributed by atoms with Crippen LogP contribution >= 0.6 is 12.4 Å². The molecule has 0 N–H and O–H groups in total. The quantitative estimate of drug-likeness (QED) is 0.242. The standard InChI is InChI=1S/C19H39N.ClH/c1-4-7-8-9-10-11-12-13-14-15-16-17-18-19-20(5-2)6-3;/h17-18H,4-16,19H2,1-3H3;1H. The van der Waals surface area contributed by atoms with Crippen LogP contribution in [-0.2, 0) is 0 Å². The van der Waals surface area contributed by atoms with Gasteiger partial charge in [0.2, 0.25) is 0 Å². The van der Waals surface area contributed by atoms with Gasteiger partial charge in [0.05, 0.1) is 0 Å². The molecule has 0 aromatic rings. The molecule has 0 rings (SSSR count). The average molecular weight is 318 g/mol. The van der Waals surface area contributed by atoms with Crippen LogP contribution in [0, 0.1) is 0 Å². The van der Waals surface area contributed by atoms with Crippen LogP contribution < -0.4 is 0 Å². The Bertz CT molecular complexity index is 200. The molecule has 128 valence electrons. The first kappa shape index (κ1) is 23.3. The van der Waals surface area contributed by atoms with Gasteiger partial charge in [-0.15, -0.1) is 12.4 Å². The first-order valence-electron chi connectivity index (χ1n) is 9.22. The fourth-order valence-corrected chi connectivity index (χ4v) is 2.57. The zero-order chi connectivity index (χ0) is 14.9. The largest absolute Gasteiger partial charge is 0.300 e. The molecular formula is C19H40ClN. The van der Waals surface area contributed by atoms with Crippen molar-refractivity contribution < 1.29 is 0 Å². The number of allylic oxidation sites excluding steroid dienone is 1. The lowest BCUT2D eigenvalue weighted by molar-refractivity contribution is 0.337. The number of hydrogen-bond acceptors (Lipinski definition) is 1. The van der Waals surface area contributed by atoms with Gasteiger partial charge in [0.15, 0.2) is 0 Å². The van der Waals surface area contributed by atoms with Crippen molar-refractivity contribution in [3.05, 3.63) is 12.2 Å². The highest BCUT2D eigenvalue weighted by Crippen LogP contribution is 2.11. The zero-order valence-corrected chi connectivity index (χ0v) is 15.7. The van der Waals surface area contributed by atoms with Crippen molar-refractivity contribution >= 4 is 12.4 Å². The predicted octanol–water partition coefficient (Wildman–Crippen LogP) is 6.62. The molecule has 0 aliphatic rings. The van der Waals surface area contributed by atoms with Gasteiger partial charge in [-0.25, -0.2) is 0 Å². The highest BCUT2D eigenvalue weighted by Gasteiger charge is 1.94. The molecule has 0 fully saturated rings. The minimum Gasteiger partial charge on any atom is -0.300 e. The normalized spacial score (nSPS) is 11.2. The topological polar surface area (TPSA) is 3.24 Å². The van der Waals surface area contributed by atoms with Crippen LogP contribution in [0.1, 0.15) is 91.4 Å². The van der Waals surface area contributed by atoms with Gasteiger partial charge in [0, 0.05) is 6.54 Å². The number of unbranched alkanes of at least 4 members (excludes halogenated alkanes) is 10. The van der Waals surface area contributed by atoms with Crippen LogP contribution in [0.15, 0.2) is 12.2 Å². The summed E-state index contributed by atoms with van der Waals surface area (Å²) in [5.74, 6) is 0. The van der Waals surface area contributed by atoms with E-state index < -0.39 is 0 Å². The summed E-state index contributed by atoms with van der Waals surface area (Å²) in [5, 5.41) is 0. The van der Waals surface area contributed by atoms with Gasteiger partial charge >= 0.3 is 0 Å². The molecule has 0 saturated heterocycles. The maximum Gasteiger partial charge on any atom is 0.0162 e. The van der Waals surface area contributed by atoms with Gasteiger partial charge in [0.1, 0.15) is 0 Å². The van der Waals surface area contributed by atoms with E-state index in [1.807, 2.05) is 0 Å². The lowest BCUT2D eigenvalue weighted by atomic mass is 10.1. The summed E-state index contributed by atoms with van der Waals surface area (Å²) in [4.78, 5) is 2.45. The van der Waals surface area contributed by atoms with E-state index in [1.165, 1.54) is 83.7 Å². The van der Waals surface area contributed by atoms with Gasteiger partial charge in [-0.3, -0.25) is 0 Å². The van der Waals surface area contributed by atoms with Crippen LogP contribution in [0.25, 0.3) is 0 Å². The zero-order valence-electron chi connectivity index (χ0n) is 14.9. The van der Waals surface area contributed by atoms with Crippen LogP contribution in [0.2, 0.25) is 0 Å². The summed E-state index contributed by atoms with van der Waals surface area (Å²) < 4.78 is 0. The number of hydrogen-bond donors (Lipinski definition) is 0. The Morgan fingerprint density at radius 2 is 1.10 bits per heavy atom. The number of likely N-dealkylation sites (N-methyl/N-ethyl adjacent to an activating group) is 1. The van der Waals surface area contributed by atoms with Crippen LogP contribution in [0.4, 0.5) is 0 Å². The van der Waals surface area contributed by atoms with Crippen LogP contribution in [0.5, 0.6) is 0 Å². The molecule has 0 aliphatic carbocycles. The monoisotopic (exact) mass is 317 g/mol. The number of nitrogens with zero attached hydrogens (tertiary/aromatic N) is 1. The third-order valence-corrected chi connectivity index (χ3v) is 4.15. The second-order valence-corrected chi connectivity index (χ2v) is 5.93. The first-order chi connectivity index (χ1) is 9.85. The van der Waals surface area contributed by atoms with Gasteiger partial charge in [-0.2, -0.15) is 0 Å². The van der Waals surface area contributed by atoms with E-state index in [0.717, 1.165) is 6.54 Å². The molecule has 0 aliphatic heterocycles. The van der Waals surface area contributed by atoms with Gasteiger partial charge in [-0.1, -0.05) is 90.7 Å². The number of rotatable bonds is 15. The van der Waals surface area contributed by atoms with Crippen molar-refractivity contribution in [2.24, 2.45) is 0 Å². The summed E-state index contributed by atoms with van der Waals surface area (Å²) in [6, 6.07) is 0. The Labute approximate surface area is 141 Å². The fraction of sp³-hybridized carbons (Fsp3) is 0.895. The van der Waals surface area contributed by atoms with E-state index >= 15 is 0 Å². The molecule has 1 nitrogen and oxygen atoms in total. The van der Waals surface area contributed by atoms with Crippen molar-refractivity contribution in [3.8, 4) is 0 Å². The molecule has 0 saturated carbocycles. The first-order valence-corrected chi connectivity index (χ1v) is 9.22. The highest BCUT2D eigenvalue weighted by molar-refractivity contribution is 5.85. The van der Waals surface area contributed by atoms with Crippen molar-refractivity contribution in [1.29, 1.82) is 0 Å². The summed E-state index contributed by atoms with van der Waals surface area (Å²) in [5.41, 5.74) is 0. The van der Waals surface area contributed by atoms with E-state index in [9.17, 15) is 0 Å². The molecule has 0 radical (unpaired) electrons. The summed E-state index contributed by atoms with van der Waals surface area (Å²) >= 11 is 0. The van der Waals surface area contributed by atoms with E-state index in [0.29, 0.717) is 0 Å². The smallest absolute Gasteiger partial charge is 0.0162 e. The minimum atomic E-state index is 0. The Morgan fingerprint density at radius 1 is 0.619 bits per heavy atom. The number of halogens is 1. The molecule has 21 heavy (non-hydrogen) atoms. The maximum absolute atomic E-state index is 2.45. The minimum absolute atomic E-state index is 0. The second kappa shape index (κ2) is 20.0. The summed E-state index contributed by atoms with van der Waals surface area (Å²) in [6.07, 6.45) is 20.3. The predicted molar refractivity (Wildman–Crippen MR) is 101 cm³/mol. The molecule has 0 aromatic heterocycles. The second-order valence-electron chi connectivity index (χ2n) is 5.93. The molecule has 0 spiro atoms. The van der Waals surface area contributed by atoms with Gasteiger partial charge in [0.25, 0.3) is 0 Å². The lowest BCUT2D eigenvalue weighted by Gasteiger charge is -2.14. The van der Waals surface area contributed by atoms with Crippen molar-refractivity contribution in [2.75, 3.05) is 19.6 Å². The van der Waals surface area contributed by atoms with Crippen molar-refractivity contribution in [3.63, 3.8) is 0 Å². The highest BCUT2D eigenvalue weighted by atomic mass is 35.5. The third kappa shape index (κ3) is 17.9. The van der Waals surface area contributed by atoms with Crippen molar-refractivity contribution in [2.45, 2.75) is 91.4 Å². The fourth-order valence-electron chi connectivity index (χ4n) is 2.57. The molecule has 2 heteroatoms. The Hall–Kier alpha value is -0.0100. The molecule has 0 aromatic carbocycles. The van der Waals surface area contributed by atoms with E-state index in [4.69, 9.17) is 0 Å². The van der Waals surface area contributed by atoms with E-state index in [2.05, 4.69) is 37.8 Å². The molecule has 0 amide bonds. The van der Waals surface area contributed by atoms with Gasteiger partial charge in [-0.05, 0) is 25.9 Å². The summed E-state index contributed by atoms with van der Waals surface area (Å²) in [6.45, 7) is 10.2. The van der Waals surface area contributed by atoms with Gasteiger partial charge < -0.3 is 4.90 Å². The lowest BCUT2D eigenvalue weighted by Crippen LogP contribution is -2.22. The maximum atomic E-state index is 2.45. The van der Waals surface area contributed by atoms with E-state index in [1.54, 1.807) is 0 Å². The Morgan fingerprint density at radius 3 is 1.57 bits per heavy atom. The Balaban J connectivity index is 0. The summed E-state index contributed by atoms with van der Waals surface area (Å²) in [7, 11) is 0. The molecule has 0 bridgehead atoms. The average Bonchev–Trinajstić information content (AvgIpc) is 2.48. The Kier molecular flexibility index (Phi) is 22.1. The molecule has 0 atom stereocenters. The third-order valence-electron chi connectivity index (χ3n) is 4.15. The molecule has 0 unspecified atom stereocenters. The van der Waals surface area contributed by atoms with Crippen LogP contribution in [-0.4, -0.2) is 24.5 Å². The van der Waals surface area contributed by atoms with Crippen molar-refractivity contribution in [1.82, 2.24) is 4.90 Å². The SMILES string of the molecule is CCCCCCCCCCCCC=CCN(CC)CC.Cl. The van der Waals surface area contributed by atoms with E-state index in [-0.39, 0.29) is 12.4 Å². The van der Waals surface area contributed by atoms with Crippen LogP contribution in [0.3, 0.4) is 0 Å². The molecular weight excluding hydrogens is 278 g/mol. The molecule has 0 heterocycles.